The molecule has 0 unspecified atom stereocenters. The molecule has 2 aromatic carbocycles. The molecule has 1 aliphatic heterocycles. The summed E-state index contributed by atoms with van der Waals surface area (Å²) in [6, 6.07) is 12.3. The van der Waals surface area contributed by atoms with Gasteiger partial charge in [-0.1, -0.05) is 12.1 Å². The van der Waals surface area contributed by atoms with Crippen molar-refractivity contribution in [2.75, 3.05) is 31.1 Å². The highest BCUT2D eigenvalue weighted by atomic mass is 32.2. The number of aryl methyl sites for hydroxylation is 1. The number of piperazine rings is 1. The first-order valence-electron chi connectivity index (χ1n) is 9.92. The maximum Gasteiger partial charge on any atom is 0.253 e. The van der Waals surface area contributed by atoms with Crippen LogP contribution in [0, 0.1) is 13.8 Å². The Kier molecular flexibility index (Phi) is 6.29. The summed E-state index contributed by atoms with van der Waals surface area (Å²) in [4.78, 5) is 17.2. The van der Waals surface area contributed by atoms with E-state index in [0.717, 1.165) is 13.1 Å². The molecule has 29 heavy (non-hydrogen) atoms. The number of carbonyl (C=O) groups excluding carboxylic acids is 1. The summed E-state index contributed by atoms with van der Waals surface area (Å²) in [6.45, 7) is 10.6. The van der Waals surface area contributed by atoms with Crippen LogP contribution in [0.1, 0.15) is 35.3 Å². The molecule has 1 saturated heterocycles. The first kappa shape index (κ1) is 21.3. The lowest BCUT2D eigenvalue weighted by Gasteiger charge is -2.37. The number of rotatable bonds is 5. The molecule has 1 heterocycles. The minimum absolute atomic E-state index is 0.0635. The average molecular weight is 416 g/mol. The predicted molar refractivity (Wildman–Crippen MR) is 116 cm³/mol. The number of carbonyl (C=O) groups is 1. The molecule has 1 aliphatic rings. The molecule has 7 heteroatoms. The first-order chi connectivity index (χ1) is 13.7. The summed E-state index contributed by atoms with van der Waals surface area (Å²) >= 11 is 0. The summed E-state index contributed by atoms with van der Waals surface area (Å²) in [5.41, 5.74) is 4.28. The number of nitrogens with zero attached hydrogens (tertiary/aromatic N) is 2. The highest BCUT2D eigenvalue weighted by Crippen LogP contribution is 2.24. The fourth-order valence-corrected chi connectivity index (χ4v) is 4.82. The molecule has 0 aliphatic carbocycles. The van der Waals surface area contributed by atoms with E-state index in [4.69, 9.17) is 0 Å². The van der Waals surface area contributed by atoms with Crippen LogP contribution in [-0.2, 0) is 10.0 Å². The molecule has 6 nitrogen and oxygen atoms in total. The Morgan fingerprint density at radius 3 is 2.17 bits per heavy atom. The number of sulfonamides is 1. The first-order valence-corrected chi connectivity index (χ1v) is 11.4. The van der Waals surface area contributed by atoms with Gasteiger partial charge in [-0.25, -0.2) is 13.1 Å². The Hall–Kier alpha value is -2.38. The molecule has 0 spiro atoms. The maximum atomic E-state index is 12.8. The summed E-state index contributed by atoms with van der Waals surface area (Å²) in [7, 11) is -3.55. The SMILES string of the molecule is Cc1cccc(N2CCN(C(=O)c3ccc(S(=O)(=O)NC(C)C)cc3)CC2)c1C. The van der Waals surface area contributed by atoms with Gasteiger partial charge in [0.05, 0.1) is 4.90 Å². The standard InChI is InChI=1S/C22H29N3O3S/c1-16(2)23-29(27,28)20-10-8-19(9-11-20)22(26)25-14-12-24(13-15-25)21-7-5-6-17(3)18(21)4/h5-11,16,23H,12-15H2,1-4H3. The number of anilines is 1. The molecule has 1 fully saturated rings. The number of nitrogens with one attached hydrogen (secondary N) is 1. The van der Waals surface area contributed by atoms with Crippen molar-refractivity contribution < 1.29 is 13.2 Å². The molecule has 0 atom stereocenters. The molecule has 0 saturated carbocycles. The van der Waals surface area contributed by atoms with Gasteiger partial charge in [0.1, 0.15) is 0 Å². The van der Waals surface area contributed by atoms with E-state index in [2.05, 4.69) is 41.7 Å². The van der Waals surface area contributed by atoms with Crippen LogP contribution < -0.4 is 9.62 Å². The van der Waals surface area contributed by atoms with E-state index in [1.807, 2.05) is 4.90 Å². The van der Waals surface area contributed by atoms with Crippen molar-refractivity contribution in [3.8, 4) is 0 Å². The normalized spacial score (nSPS) is 15.1. The van der Waals surface area contributed by atoms with Crippen molar-refractivity contribution in [2.24, 2.45) is 0 Å². The second-order valence-corrected chi connectivity index (χ2v) is 9.51. The van der Waals surface area contributed by atoms with Crippen molar-refractivity contribution >= 4 is 21.6 Å². The van der Waals surface area contributed by atoms with Gasteiger partial charge >= 0.3 is 0 Å². The number of hydrogen-bond donors (Lipinski definition) is 1. The quantitative estimate of drug-likeness (QED) is 0.815. The number of amides is 1. The molecular formula is C22H29N3O3S. The van der Waals surface area contributed by atoms with E-state index in [-0.39, 0.29) is 16.8 Å². The molecular weight excluding hydrogens is 386 g/mol. The maximum absolute atomic E-state index is 12.8. The van der Waals surface area contributed by atoms with Crippen LogP contribution in [0.25, 0.3) is 0 Å². The van der Waals surface area contributed by atoms with E-state index >= 15 is 0 Å². The molecule has 3 rings (SSSR count). The van der Waals surface area contributed by atoms with Gasteiger partial charge in [0, 0.05) is 43.5 Å². The molecule has 2 aromatic rings. The van der Waals surface area contributed by atoms with Gasteiger partial charge in [0.15, 0.2) is 0 Å². The van der Waals surface area contributed by atoms with Gasteiger partial charge in [-0.3, -0.25) is 4.79 Å². The highest BCUT2D eigenvalue weighted by Gasteiger charge is 2.24. The third-order valence-corrected chi connectivity index (χ3v) is 6.96. The van der Waals surface area contributed by atoms with Gasteiger partial charge in [0.25, 0.3) is 5.91 Å². The molecule has 0 aromatic heterocycles. The van der Waals surface area contributed by atoms with E-state index in [1.54, 1.807) is 26.0 Å². The van der Waals surface area contributed by atoms with Crippen molar-refractivity contribution in [3.05, 3.63) is 59.2 Å². The molecule has 156 valence electrons. The van der Waals surface area contributed by atoms with E-state index < -0.39 is 10.0 Å². The van der Waals surface area contributed by atoms with Crippen LogP contribution >= 0.6 is 0 Å². The zero-order valence-electron chi connectivity index (χ0n) is 17.5. The lowest BCUT2D eigenvalue weighted by atomic mass is 10.1. The van der Waals surface area contributed by atoms with Crippen LogP contribution in [0.5, 0.6) is 0 Å². The lowest BCUT2D eigenvalue weighted by molar-refractivity contribution is 0.0746. The minimum atomic E-state index is -3.55. The van der Waals surface area contributed by atoms with Crippen LogP contribution in [0.2, 0.25) is 0 Å². The monoisotopic (exact) mass is 415 g/mol. The van der Waals surface area contributed by atoms with Crippen molar-refractivity contribution in [3.63, 3.8) is 0 Å². The topological polar surface area (TPSA) is 69.7 Å². The lowest BCUT2D eigenvalue weighted by Crippen LogP contribution is -2.49. The minimum Gasteiger partial charge on any atom is -0.368 e. The Morgan fingerprint density at radius 1 is 0.966 bits per heavy atom. The second kappa shape index (κ2) is 8.55. The zero-order valence-corrected chi connectivity index (χ0v) is 18.3. The highest BCUT2D eigenvalue weighted by molar-refractivity contribution is 7.89. The number of hydrogen-bond acceptors (Lipinski definition) is 4. The third-order valence-electron chi connectivity index (χ3n) is 5.29. The van der Waals surface area contributed by atoms with Crippen LogP contribution in [0.3, 0.4) is 0 Å². The van der Waals surface area contributed by atoms with Crippen molar-refractivity contribution in [1.29, 1.82) is 0 Å². The van der Waals surface area contributed by atoms with Crippen molar-refractivity contribution in [2.45, 2.75) is 38.6 Å². The second-order valence-electron chi connectivity index (χ2n) is 7.80. The van der Waals surface area contributed by atoms with E-state index in [1.165, 1.54) is 28.9 Å². The Labute approximate surface area is 173 Å². The summed E-state index contributed by atoms with van der Waals surface area (Å²) < 4.78 is 27.0. The van der Waals surface area contributed by atoms with Gasteiger partial charge < -0.3 is 9.80 Å². The van der Waals surface area contributed by atoms with Gasteiger partial charge in [-0.2, -0.15) is 0 Å². The Balaban J connectivity index is 1.66. The van der Waals surface area contributed by atoms with E-state index in [0.29, 0.717) is 18.7 Å². The zero-order chi connectivity index (χ0) is 21.2. The van der Waals surface area contributed by atoms with Crippen molar-refractivity contribution in [1.82, 2.24) is 9.62 Å². The van der Waals surface area contributed by atoms with Crippen LogP contribution in [0.4, 0.5) is 5.69 Å². The molecule has 0 bridgehead atoms. The molecule has 1 amide bonds. The van der Waals surface area contributed by atoms with Gasteiger partial charge in [0.2, 0.25) is 10.0 Å². The number of benzene rings is 2. The average Bonchev–Trinajstić information content (AvgIpc) is 2.69. The van der Waals surface area contributed by atoms with Crippen LogP contribution in [0.15, 0.2) is 47.4 Å². The van der Waals surface area contributed by atoms with Gasteiger partial charge in [-0.15, -0.1) is 0 Å². The summed E-state index contributed by atoms with van der Waals surface area (Å²) in [6.07, 6.45) is 0. The summed E-state index contributed by atoms with van der Waals surface area (Å²) in [5.74, 6) is -0.0635. The fraction of sp³-hybridized carbons (Fsp3) is 0.409. The smallest absolute Gasteiger partial charge is 0.253 e. The third kappa shape index (κ3) is 4.79. The molecule has 0 radical (unpaired) electrons. The van der Waals surface area contributed by atoms with Crippen LogP contribution in [-0.4, -0.2) is 51.4 Å². The Bertz CT molecular complexity index is 977. The predicted octanol–water partition coefficient (Wildman–Crippen LogP) is 2.95. The molecule has 1 N–H and O–H groups in total. The van der Waals surface area contributed by atoms with E-state index in [9.17, 15) is 13.2 Å². The largest absolute Gasteiger partial charge is 0.368 e. The summed E-state index contributed by atoms with van der Waals surface area (Å²) in [5, 5.41) is 0. The van der Waals surface area contributed by atoms with Gasteiger partial charge in [-0.05, 0) is 69.2 Å². The Morgan fingerprint density at radius 2 is 1.59 bits per heavy atom. The fourth-order valence-electron chi connectivity index (χ4n) is 3.57.